The molecule has 7 heteroatoms. The van der Waals surface area contributed by atoms with Crippen molar-refractivity contribution in [2.45, 2.75) is 33.2 Å². The molecule has 1 aromatic carbocycles. The summed E-state index contributed by atoms with van der Waals surface area (Å²) in [6, 6.07) is 8.75. The SMILES string of the molecule is CCOc1ccc(N2C[C@H]3CN(CCS(=O)(=O)CCN)CC2C(C)(C)C3)cc1. The fraction of sp³-hybridized carbons (Fsp3) is 0.714. The summed E-state index contributed by atoms with van der Waals surface area (Å²) in [5, 5.41) is 0. The summed E-state index contributed by atoms with van der Waals surface area (Å²) in [6.07, 6.45) is 1.18. The fourth-order valence-electron chi connectivity index (χ4n) is 4.84. The Bertz CT molecular complexity index is 749. The zero-order chi connectivity index (χ0) is 20.4. The Morgan fingerprint density at radius 3 is 2.50 bits per heavy atom. The van der Waals surface area contributed by atoms with E-state index in [0.717, 1.165) is 25.4 Å². The van der Waals surface area contributed by atoms with Crippen molar-refractivity contribution in [3.8, 4) is 5.75 Å². The molecule has 0 spiro atoms. The highest BCUT2D eigenvalue weighted by Gasteiger charge is 2.45. The number of fused-ring (bicyclic) bond motifs is 4. The van der Waals surface area contributed by atoms with Crippen LogP contribution < -0.4 is 15.4 Å². The molecule has 2 N–H and O–H groups in total. The monoisotopic (exact) mass is 409 g/mol. The van der Waals surface area contributed by atoms with E-state index in [1.54, 1.807) is 0 Å². The molecule has 158 valence electrons. The number of piperidine rings is 1. The van der Waals surface area contributed by atoms with E-state index in [2.05, 4.69) is 35.8 Å². The van der Waals surface area contributed by atoms with Crippen LogP contribution in [0.5, 0.6) is 5.75 Å². The van der Waals surface area contributed by atoms with Crippen molar-refractivity contribution in [2.75, 3.05) is 55.7 Å². The standard InChI is InChI=1S/C21H35N3O3S/c1-4-27-19-7-5-18(6-8-19)24-15-17-13-21(2,3)20(24)16-23(14-17)10-12-28(25,26)11-9-22/h5-8,17,20H,4,9-16,22H2,1-3H3/t17-,20?/m1/s1. The number of anilines is 1. The van der Waals surface area contributed by atoms with Gasteiger partial charge in [-0.15, -0.1) is 0 Å². The molecule has 0 amide bonds. The summed E-state index contributed by atoms with van der Waals surface area (Å²) in [4.78, 5) is 4.88. The molecule has 1 aromatic rings. The van der Waals surface area contributed by atoms with Crippen molar-refractivity contribution in [3.05, 3.63) is 24.3 Å². The molecule has 6 nitrogen and oxygen atoms in total. The lowest BCUT2D eigenvalue weighted by Crippen LogP contribution is -2.54. The minimum atomic E-state index is -3.06. The van der Waals surface area contributed by atoms with Crippen LogP contribution in [0.15, 0.2) is 24.3 Å². The molecule has 4 rings (SSSR count). The second-order valence-electron chi connectivity index (χ2n) is 8.85. The Hall–Kier alpha value is -1.31. The first kappa shape index (κ1) is 21.4. The molecule has 0 aromatic heterocycles. The summed E-state index contributed by atoms with van der Waals surface area (Å²) in [5.41, 5.74) is 6.85. The van der Waals surface area contributed by atoms with Crippen LogP contribution in [0.25, 0.3) is 0 Å². The Labute approximate surface area is 169 Å². The maximum Gasteiger partial charge on any atom is 0.152 e. The molecule has 2 atom stereocenters. The first-order valence-corrected chi connectivity index (χ1v) is 12.2. The van der Waals surface area contributed by atoms with Crippen LogP contribution in [0.3, 0.4) is 0 Å². The van der Waals surface area contributed by atoms with Crippen molar-refractivity contribution in [1.82, 2.24) is 4.90 Å². The molecule has 2 bridgehead atoms. The van der Waals surface area contributed by atoms with E-state index in [0.29, 0.717) is 25.1 Å². The second kappa shape index (κ2) is 8.59. The highest BCUT2D eigenvalue weighted by atomic mass is 32.2. The van der Waals surface area contributed by atoms with Crippen molar-refractivity contribution < 1.29 is 13.2 Å². The summed E-state index contributed by atoms with van der Waals surface area (Å²) in [6.45, 7) is 11.0. The van der Waals surface area contributed by atoms with Gasteiger partial charge in [0.2, 0.25) is 0 Å². The smallest absolute Gasteiger partial charge is 0.152 e. The maximum atomic E-state index is 12.1. The molecular weight excluding hydrogens is 374 g/mol. The third-order valence-corrected chi connectivity index (χ3v) is 7.78. The highest BCUT2D eigenvalue weighted by molar-refractivity contribution is 7.91. The van der Waals surface area contributed by atoms with Gasteiger partial charge in [0.05, 0.1) is 18.1 Å². The highest BCUT2D eigenvalue weighted by Crippen LogP contribution is 2.43. The quantitative estimate of drug-likeness (QED) is 0.708. The van der Waals surface area contributed by atoms with Gasteiger partial charge >= 0.3 is 0 Å². The van der Waals surface area contributed by atoms with Crippen LogP contribution in [0.2, 0.25) is 0 Å². The third kappa shape index (κ3) is 4.99. The molecule has 3 aliphatic rings. The summed E-state index contributed by atoms with van der Waals surface area (Å²) in [7, 11) is -3.06. The minimum Gasteiger partial charge on any atom is -0.494 e. The predicted molar refractivity (Wildman–Crippen MR) is 115 cm³/mol. The van der Waals surface area contributed by atoms with E-state index in [1.165, 1.54) is 12.1 Å². The van der Waals surface area contributed by atoms with E-state index in [4.69, 9.17) is 10.5 Å². The van der Waals surface area contributed by atoms with Crippen molar-refractivity contribution in [3.63, 3.8) is 0 Å². The molecule has 0 radical (unpaired) electrons. The van der Waals surface area contributed by atoms with Crippen molar-refractivity contribution >= 4 is 15.5 Å². The first-order chi connectivity index (χ1) is 13.2. The Kier molecular flexibility index (Phi) is 6.57. The minimum absolute atomic E-state index is 0.0808. The molecule has 3 heterocycles. The lowest BCUT2D eigenvalue weighted by Gasteiger charge is -2.48. The van der Waals surface area contributed by atoms with Gasteiger partial charge in [-0.05, 0) is 48.9 Å². The number of ether oxygens (including phenoxy) is 1. The number of nitrogens with zero attached hydrogens (tertiary/aromatic N) is 2. The Balaban J connectivity index is 1.75. The van der Waals surface area contributed by atoms with Crippen LogP contribution in [0, 0.1) is 11.3 Å². The van der Waals surface area contributed by atoms with Gasteiger partial charge in [-0.25, -0.2) is 8.42 Å². The molecule has 28 heavy (non-hydrogen) atoms. The summed E-state index contributed by atoms with van der Waals surface area (Å²) >= 11 is 0. The number of nitrogens with two attached hydrogens (primary N) is 1. The van der Waals surface area contributed by atoms with Crippen LogP contribution >= 0.6 is 0 Å². The van der Waals surface area contributed by atoms with Gasteiger partial charge in [0.1, 0.15) is 5.75 Å². The van der Waals surface area contributed by atoms with E-state index >= 15 is 0 Å². The number of hydrogen-bond donors (Lipinski definition) is 1. The van der Waals surface area contributed by atoms with Gasteiger partial charge in [-0.3, -0.25) is 4.90 Å². The average molecular weight is 410 g/mol. The van der Waals surface area contributed by atoms with E-state index in [-0.39, 0.29) is 23.5 Å². The topological polar surface area (TPSA) is 75.9 Å². The molecule has 3 saturated heterocycles. The Morgan fingerprint density at radius 2 is 1.86 bits per heavy atom. The zero-order valence-electron chi connectivity index (χ0n) is 17.4. The lowest BCUT2D eigenvalue weighted by atomic mass is 9.73. The first-order valence-electron chi connectivity index (χ1n) is 10.4. The number of hydrogen-bond acceptors (Lipinski definition) is 6. The van der Waals surface area contributed by atoms with Crippen molar-refractivity contribution in [1.29, 1.82) is 0 Å². The average Bonchev–Trinajstić information content (AvgIpc) is 2.87. The summed E-state index contributed by atoms with van der Waals surface area (Å²) in [5.74, 6) is 1.72. The zero-order valence-corrected chi connectivity index (χ0v) is 18.2. The predicted octanol–water partition coefficient (Wildman–Crippen LogP) is 2.00. The van der Waals surface area contributed by atoms with Gasteiger partial charge in [-0.1, -0.05) is 13.8 Å². The largest absolute Gasteiger partial charge is 0.494 e. The third-order valence-electron chi connectivity index (χ3n) is 6.12. The number of benzene rings is 1. The van der Waals surface area contributed by atoms with Gasteiger partial charge in [0.15, 0.2) is 9.84 Å². The molecule has 1 unspecified atom stereocenters. The van der Waals surface area contributed by atoms with Crippen LogP contribution in [0.1, 0.15) is 27.2 Å². The van der Waals surface area contributed by atoms with E-state index in [1.807, 2.05) is 19.1 Å². The number of rotatable bonds is 8. The van der Waals surface area contributed by atoms with Gasteiger partial charge in [0, 0.05) is 44.5 Å². The van der Waals surface area contributed by atoms with Gasteiger partial charge < -0.3 is 15.4 Å². The maximum absolute atomic E-state index is 12.1. The molecule has 3 aliphatic heterocycles. The van der Waals surface area contributed by atoms with Crippen LogP contribution in [-0.2, 0) is 9.84 Å². The summed E-state index contributed by atoms with van der Waals surface area (Å²) < 4.78 is 29.8. The fourth-order valence-corrected chi connectivity index (χ4v) is 5.94. The van der Waals surface area contributed by atoms with E-state index < -0.39 is 9.84 Å². The molecular formula is C21H35N3O3S. The lowest BCUT2D eigenvalue weighted by molar-refractivity contribution is 0.191. The van der Waals surface area contributed by atoms with Crippen LogP contribution in [-0.4, -0.2) is 70.2 Å². The second-order valence-corrected chi connectivity index (χ2v) is 11.2. The normalized spacial score (nSPS) is 24.9. The Morgan fingerprint density at radius 1 is 1.14 bits per heavy atom. The number of sulfone groups is 1. The van der Waals surface area contributed by atoms with Crippen LogP contribution in [0.4, 0.5) is 5.69 Å². The molecule has 0 saturated carbocycles. The van der Waals surface area contributed by atoms with E-state index in [9.17, 15) is 8.42 Å². The molecule has 3 fully saturated rings. The molecule has 0 aliphatic carbocycles. The van der Waals surface area contributed by atoms with Gasteiger partial charge in [0.25, 0.3) is 0 Å². The van der Waals surface area contributed by atoms with Gasteiger partial charge in [-0.2, -0.15) is 0 Å². The van der Waals surface area contributed by atoms with Crippen molar-refractivity contribution in [2.24, 2.45) is 17.1 Å².